The van der Waals surface area contributed by atoms with E-state index in [-0.39, 0.29) is 28.6 Å². The molecule has 3 fully saturated rings. The molecule has 1 spiro atoms. The van der Waals surface area contributed by atoms with Gasteiger partial charge in [0.25, 0.3) is 10.0 Å². The Balaban J connectivity index is 1.34. The standard InChI is InChI=1S/C20H29N3O5S/c1-27-19(24)17-5-4-10-22(17)14-16-13-20(15-28-16)7-11-23(12-8-20)29(25,26)18-6-2-3-9-21-18/h2-3,6,9,16-17H,4-5,7-8,10-15H2,1H3/t16-,17-/m0/s1. The second-order valence-electron chi connectivity index (χ2n) is 8.39. The Bertz CT molecular complexity index is 824. The van der Waals surface area contributed by atoms with Crippen LogP contribution in [0.5, 0.6) is 0 Å². The third-order valence-electron chi connectivity index (χ3n) is 6.59. The van der Waals surface area contributed by atoms with Crippen LogP contribution in [0.15, 0.2) is 29.4 Å². The van der Waals surface area contributed by atoms with Crippen LogP contribution in [0.25, 0.3) is 0 Å². The van der Waals surface area contributed by atoms with Gasteiger partial charge < -0.3 is 9.47 Å². The van der Waals surface area contributed by atoms with Crippen molar-refractivity contribution < 1.29 is 22.7 Å². The monoisotopic (exact) mass is 423 g/mol. The van der Waals surface area contributed by atoms with Gasteiger partial charge in [-0.2, -0.15) is 4.31 Å². The fourth-order valence-electron chi connectivity index (χ4n) is 4.90. The SMILES string of the molecule is COC(=O)[C@@H]1CCCN1C[C@@H]1CC2(CCN(S(=O)(=O)c3ccccn3)CC2)CO1. The maximum absolute atomic E-state index is 12.8. The van der Waals surface area contributed by atoms with Gasteiger partial charge >= 0.3 is 5.97 Å². The summed E-state index contributed by atoms with van der Waals surface area (Å²) < 4.78 is 38.2. The minimum atomic E-state index is -3.54. The van der Waals surface area contributed by atoms with Gasteiger partial charge in [0, 0.05) is 25.8 Å². The number of aromatic nitrogens is 1. The number of esters is 1. The molecule has 1 aromatic rings. The van der Waals surface area contributed by atoms with Crippen molar-refractivity contribution in [2.45, 2.75) is 49.3 Å². The third kappa shape index (κ3) is 4.19. The van der Waals surface area contributed by atoms with Crippen molar-refractivity contribution in [1.82, 2.24) is 14.2 Å². The van der Waals surface area contributed by atoms with E-state index in [4.69, 9.17) is 9.47 Å². The number of hydrogen-bond donors (Lipinski definition) is 0. The van der Waals surface area contributed by atoms with Crippen LogP contribution >= 0.6 is 0 Å². The highest BCUT2D eigenvalue weighted by atomic mass is 32.2. The van der Waals surface area contributed by atoms with Crippen LogP contribution in [0.3, 0.4) is 0 Å². The summed E-state index contributed by atoms with van der Waals surface area (Å²) in [5.41, 5.74) is 0.0291. The number of pyridine rings is 1. The minimum Gasteiger partial charge on any atom is -0.468 e. The first-order valence-corrected chi connectivity index (χ1v) is 11.7. The molecule has 9 heteroatoms. The van der Waals surface area contributed by atoms with E-state index in [0.29, 0.717) is 19.7 Å². The molecule has 0 bridgehead atoms. The molecule has 0 N–H and O–H groups in total. The lowest BCUT2D eigenvalue weighted by atomic mass is 9.77. The highest BCUT2D eigenvalue weighted by Gasteiger charge is 2.45. The van der Waals surface area contributed by atoms with Gasteiger partial charge in [-0.05, 0) is 56.2 Å². The van der Waals surface area contributed by atoms with Gasteiger partial charge in [-0.3, -0.25) is 9.69 Å². The zero-order chi connectivity index (χ0) is 20.5. The Kier molecular flexibility index (Phi) is 5.92. The van der Waals surface area contributed by atoms with Gasteiger partial charge in [-0.25, -0.2) is 13.4 Å². The van der Waals surface area contributed by atoms with E-state index >= 15 is 0 Å². The van der Waals surface area contributed by atoms with Gasteiger partial charge in [0.2, 0.25) is 0 Å². The Morgan fingerprint density at radius 3 is 2.79 bits per heavy atom. The number of sulfonamides is 1. The lowest BCUT2D eigenvalue weighted by Gasteiger charge is -2.37. The summed E-state index contributed by atoms with van der Waals surface area (Å²) in [5.74, 6) is -0.164. The Morgan fingerprint density at radius 1 is 1.31 bits per heavy atom. The first-order chi connectivity index (χ1) is 13.9. The van der Waals surface area contributed by atoms with Crippen molar-refractivity contribution in [3.8, 4) is 0 Å². The second kappa shape index (κ2) is 8.29. The lowest BCUT2D eigenvalue weighted by molar-refractivity contribution is -0.146. The fraction of sp³-hybridized carbons (Fsp3) is 0.700. The summed E-state index contributed by atoms with van der Waals surface area (Å²) in [7, 11) is -2.10. The normalized spacial score (nSPS) is 28.0. The van der Waals surface area contributed by atoms with E-state index in [1.165, 1.54) is 13.3 Å². The molecule has 8 nitrogen and oxygen atoms in total. The summed E-state index contributed by atoms with van der Waals surface area (Å²) in [5, 5.41) is 0.111. The Morgan fingerprint density at radius 2 is 2.10 bits per heavy atom. The van der Waals surface area contributed by atoms with Gasteiger partial charge in [0.05, 0.1) is 19.8 Å². The topological polar surface area (TPSA) is 89.0 Å². The van der Waals surface area contributed by atoms with Crippen LogP contribution in [0, 0.1) is 5.41 Å². The highest BCUT2D eigenvalue weighted by molar-refractivity contribution is 7.89. The second-order valence-corrected chi connectivity index (χ2v) is 10.3. The summed E-state index contributed by atoms with van der Waals surface area (Å²) >= 11 is 0. The number of carbonyl (C=O) groups excluding carboxylic acids is 1. The van der Waals surface area contributed by atoms with Crippen LogP contribution in [0.1, 0.15) is 32.1 Å². The molecule has 160 valence electrons. The minimum absolute atomic E-state index is 0.0291. The van der Waals surface area contributed by atoms with Gasteiger partial charge in [0.1, 0.15) is 6.04 Å². The van der Waals surface area contributed by atoms with Crippen LogP contribution in [0.4, 0.5) is 0 Å². The van der Waals surface area contributed by atoms with Crippen LogP contribution in [-0.4, -0.2) is 80.6 Å². The maximum Gasteiger partial charge on any atom is 0.323 e. The van der Waals surface area contributed by atoms with E-state index in [1.54, 1.807) is 22.5 Å². The molecule has 2 atom stereocenters. The number of ether oxygens (including phenoxy) is 2. The zero-order valence-electron chi connectivity index (χ0n) is 16.8. The van der Waals surface area contributed by atoms with E-state index in [0.717, 1.165) is 45.2 Å². The number of rotatable bonds is 5. The molecular weight excluding hydrogens is 394 g/mol. The number of nitrogens with zero attached hydrogens (tertiary/aromatic N) is 3. The number of likely N-dealkylation sites (tertiary alicyclic amines) is 1. The van der Waals surface area contributed by atoms with Crippen molar-refractivity contribution in [2.75, 3.05) is 39.9 Å². The van der Waals surface area contributed by atoms with Crippen molar-refractivity contribution in [1.29, 1.82) is 0 Å². The molecule has 0 radical (unpaired) electrons. The van der Waals surface area contributed by atoms with E-state index in [1.807, 2.05) is 0 Å². The van der Waals surface area contributed by atoms with Crippen LogP contribution in [-0.2, 0) is 24.3 Å². The molecule has 4 rings (SSSR count). The molecule has 29 heavy (non-hydrogen) atoms. The average molecular weight is 424 g/mol. The number of methoxy groups -OCH3 is 1. The largest absolute Gasteiger partial charge is 0.468 e. The summed E-state index contributed by atoms with van der Waals surface area (Å²) in [6.07, 6.45) is 5.91. The van der Waals surface area contributed by atoms with Gasteiger partial charge in [-0.1, -0.05) is 6.07 Å². The van der Waals surface area contributed by atoms with Crippen LogP contribution < -0.4 is 0 Å². The summed E-state index contributed by atoms with van der Waals surface area (Å²) in [6.45, 7) is 3.26. The summed E-state index contributed by atoms with van der Waals surface area (Å²) in [4.78, 5) is 18.2. The van der Waals surface area contributed by atoms with Crippen molar-refractivity contribution in [3.63, 3.8) is 0 Å². The molecule has 0 saturated carbocycles. The molecule has 0 amide bonds. The molecule has 0 unspecified atom stereocenters. The summed E-state index contributed by atoms with van der Waals surface area (Å²) in [6, 6.07) is 4.79. The lowest BCUT2D eigenvalue weighted by Crippen LogP contribution is -2.44. The zero-order valence-corrected chi connectivity index (χ0v) is 17.6. The van der Waals surface area contributed by atoms with E-state index < -0.39 is 10.0 Å². The van der Waals surface area contributed by atoms with Crippen molar-refractivity contribution >= 4 is 16.0 Å². The quantitative estimate of drug-likeness (QED) is 0.659. The van der Waals surface area contributed by atoms with E-state index in [9.17, 15) is 13.2 Å². The predicted octanol–water partition coefficient (Wildman–Crippen LogP) is 1.28. The van der Waals surface area contributed by atoms with Crippen molar-refractivity contribution in [2.24, 2.45) is 5.41 Å². The molecule has 3 aliphatic rings. The first kappa shape index (κ1) is 20.7. The molecule has 0 aliphatic carbocycles. The molecule has 0 aromatic carbocycles. The van der Waals surface area contributed by atoms with Gasteiger partial charge in [-0.15, -0.1) is 0 Å². The fourth-order valence-corrected chi connectivity index (χ4v) is 6.28. The van der Waals surface area contributed by atoms with Crippen molar-refractivity contribution in [3.05, 3.63) is 24.4 Å². The predicted molar refractivity (Wildman–Crippen MR) is 106 cm³/mol. The first-order valence-electron chi connectivity index (χ1n) is 10.3. The molecule has 3 saturated heterocycles. The Hall–Kier alpha value is -1.55. The van der Waals surface area contributed by atoms with Gasteiger partial charge in [0.15, 0.2) is 5.03 Å². The van der Waals surface area contributed by atoms with Crippen LogP contribution in [0.2, 0.25) is 0 Å². The molecule has 1 aromatic heterocycles. The number of hydrogen-bond acceptors (Lipinski definition) is 7. The Labute approximate surface area is 172 Å². The van der Waals surface area contributed by atoms with E-state index in [2.05, 4.69) is 9.88 Å². The molecule has 4 heterocycles. The number of piperidine rings is 1. The smallest absolute Gasteiger partial charge is 0.323 e. The maximum atomic E-state index is 12.8. The average Bonchev–Trinajstić information content (AvgIpc) is 3.36. The highest BCUT2D eigenvalue weighted by Crippen LogP contribution is 2.43. The third-order valence-corrected chi connectivity index (χ3v) is 8.40. The number of carbonyl (C=O) groups is 1. The molecule has 3 aliphatic heterocycles. The molecular formula is C20H29N3O5S.